The summed E-state index contributed by atoms with van der Waals surface area (Å²) < 4.78 is 21.0. The minimum absolute atomic E-state index is 0.217. The van der Waals surface area contributed by atoms with Gasteiger partial charge in [0.25, 0.3) is 0 Å². The van der Waals surface area contributed by atoms with Crippen molar-refractivity contribution in [2.45, 2.75) is 25.3 Å². The van der Waals surface area contributed by atoms with Crippen molar-refractivity contribution in [2.75, 3.05) is 53.8 Å². The molecule has 0 spiro atoms. The van der Waals surface area contributed by atoms with Crippen molar-refractivity contribution in [3.63, 3.8) is 0 Å². The van der Waals surface area contributed by atoms with E-state index in [9.17, 15) is 4.79 Å². The Hall–Kier alpha value is -0.690. The Morgan fingerprint density at radius 3 is 2.40 bits per heavy atom. The number of esters is 1. The minimum Gasteiger partial charge on any atom is -0.465 e. The molecule has 1 rings (SSSR count). The molecule has 0 amide bonds. The predicted molar refractivity (Wildman–Crippen MR) is 74.7 cm³/mol. The van der Waals surface area contributed by atoms with Gasteiger partial charge in [0.2, 0.25) is 0 Å². The molecule has 0 aromatic carbocycles. The number of rotatable bonds is 12. The fraction of sp³-hybridized carbons (Fsp3) is 0.929. The highest BCUT2D eigenvalue weighted by molar-refractivity contribution is 5.82. The van der Waals surface area contributed by atoms with Crippen LogP contribution in [0.4, 0.5) is 0 Å². The molecule has 0 aromatic heterocycles. The summed E-state index contributed by atoms with van der Waals surface area (Å²) in [5, 5.41) is 3.11. The van der Waals surface area contributed by atoms with E-state index in [2.05, 4.69) is 5.32 Å². The van der Waals surface area contributed by atoms with Crippen molar-refractivity contribution >= 4 is 5.97 Å². The molecule has 0 radical (unpaired) electrons. The second kappa shape index (κ2) is 9.28. The topological polar surface area (TPSA) is 66.0 Å². The van der Waals surface area contributed by atoms with E-state index in [4.69, 9.17) is 18.9 Å². The van der Waals surface area contributed by atoms with Crippen LogP contribution in [0.5, 0.6) is 0 Å². The summed E-state index contributed by atoms with van der Waals surface area (Å²) in [4.78, 5) is 12.2. The minimum atomic E-state index is -0.706. The van der Waals surface area contributed by atoms with Crippen molar-refractivity contribution in [2.24, 2.45) is 5.92 Å². The van der Waals surface area contributed by atoms with E-state index in [-0.39, 0.29) is 5.97 Å². The van der Waals surface area contributed by atoms with Gasteiger partial charge in [0.1, 0.15) is 5.54 Å². The summed E-state index contributed by atoms with van der Waals surface area (Å²) in [5.74, 6) is 0.0891. The standard InChI is InChI=1S/C14H27NO5/c1-4-20-13(16)14(15-2,12-5-6-12)11-19-10-9-18-8-7-17-3/h12,15H,4-11H2,1-3H3. The van der Waals surface area contributed by atoms with Crippen LogP contribution in [0.15, 0.2) is 0 Å². The second-order valence-electron chi connectivity index (χ2n) is 4.87. The Morgan fingerprint density at radius 1 is 1.20 bits per heavy atom. The molecular formula is C14H27NO5. The normalized spacial score (nSPS) is 17.8. The first kappa shape index (κ1) is 17.4. The first-order valence-electron chi connectivity index (χ1n) is 7.21. The lowest BCUT2D eigenvalue weighted by atomic mass is 9.94. The number of hydrogen-bond acceptors (Lipinski definition) is 6. The summed E-state index contributed by atoms with van der Waals surface area (Å²) >= 11 is 0. The highest BCUT2D eigenvalue weighted by atomic mass is 16.6. The lowest BCUT2D eigenvalue weighted by molar-refractivity contribution is -0.155. The zero-order valence-electron chi connectivity index (χ0n) is 12.8. The Kier molecular flexibility index (Phi) is 8.06. The lowest BCUT2D eigenvalue weighted by Crippen LogP contribution is -2.57. The van der Waals surface area contributed by atoms with E-state index in [0.717, 1.165) is 12.8 Å². The Bertz CT molecular complexity index is 283. The Labute approximate surface area is 121 Å². The molecule has 0 bridgehead atoms. The van der Waals surface area contributed by atoms with Gasteiger partial charge < -0.3 is 24.3 Å². The number of hydrogen-bond donors (Lipinski definition) is 1. The first-order valence-corrected chi connectivity index (χ1v) is 7.21. The fourth-order valence-electron chi connectivity index (χ4n) is 2.15. The maximum Gasteiger partial charge on any atom is 0.329 e. The Balaban J connectivity index is 2.32. The summed E-state index contributed by atoms with van der Waals surface area (Å²) in [7, 11) is 3.42. The molecule has 0 heterocycles. The molecule has 6 heteroatoms. The number of likely N-dealkylation sites (N-methyl/N-ethyl adjacent to an activating group) is 1. The maximum absolute atomic E-state index is 12.2. The highest BCUT2D eigenvalue weighted by Crippen LogP contribution is 2.40. The molecule has 1 N–H and O–H groups in total. The third kappa shape index (κ3) is 5.01. The number of ether oxygens (including phenoxy) is 4. The molecule has 1 unspecified atom stereocenters. The summed E-state index contributed by atoms with van der Waals surface area (Å²) in [6.07, 6.45) is 2.07. The van der Waals surface area contributed by atoms with Crippen LogP contribution >= 0.6 is 0 Å². The van der Waals surface area contributed by atoms with Crippen molar-refractivity contribution in [3.05, 3.63) is 0 Å². The largest absolute Gasteiger partial charge is 0.465 e. The molecule has 1 aliphatic rings. The van der Waals surface area contributed by atoms with Crippen LogP contribution in [0, 0.1) is 5.92 Å². The van der Waals surface area contributed by atoms with Gasteiger partial charge in [-0.3, -0.25) is 0 Å². The van der Waals surface area contributed by atoms with Gasteiger partial charge in [-0.05, 0) is 32.7 Å². The third-order valence-electron chi connectivity index (χ3n) is 3.49. The molecule has 118 valence electrons. The van der Waals surface area contributed by atoms with Gasteiger partial charge in [0.05, 0.1) is 39.6 Å². The maximum atomic E-state index is 12.2. The monoisotopic (exact) mass is 289 g/mol. The quantitative estimate of drug-likeness (QED) is 0.419. The molecule has 1 saturated carbocycles. The van der Waals surface area contributed by atoms with E-state index >= 15 is 0 Å². The third-order valence-corrected chi connectivity index (χ3v) is 3.49. The molecule has 1 fully saturated rings. The van der Waals surface area contributed by atoms with E-state index in [1.165, 1.54) is 0 Å². The molecule has 1 aliphatic carbocycles. The average molecular weight is 289 g/mol. The van der Waals surface area contributed by atoms with Crippen molar-refractivity contribution in [1.82, 2.24) is 5.32 Å². The molecular weight excluding hydrogens is 262 g/mol. The van der Waals surface area contributed by atoms with Gasteiger partial charge in [-0.25, -0.2) is 4.79 Å². The second-order valence-corrected chi connectivity index (χ2v) is 4.87. The van der Waals surface area contributed by atoms with Crippen LogP contribution in [-0.4, -0.2) is 65.3 Å². The van der Waals surface area contributed by atoms with Crippen LogP contribution in [0.2, 0.25) is 0 Å². The van der Waals surface area contributed by atoms with Gasteiger partial charge in [0, 0.05) is 7.11 Å². The van der Waals surface area contributed by atoms with Crippen molar-refractivity contribution in [3.8, 4) is 0 Å². The smallest absolute Gasteiger partial charge is 0.329 e. The van der Waals surface area contributed by atoms with Crippen LogP contribution in [0.1, 0.15) is 19.8 Å². The van der Waals surface area contributed by atoms with Crippen molar-refractivity contribution in [1.29, 1.82) is 0 Å². The summed E-state index contributed by atoms with van der Waals surface area (Å²) in [6, 6.07) is 0. The summed E-state index contributed by atoms with van der Waals surface area (Å²) in [5.41, 5.74) is -0.706. The van der Waals surface area contributed by atoms with E-state index in [0.29, 0.717) is 45.6 Å². The van der Waals surface area contributed by atoms with E-state index in [1.807, 2.05) is 6.92 Å². The Morgan fingerprint density at radius 2 is 1.85 bits per heavy atom. The number of carbonyl (C=O) groups excluding carboxylic acids is 1. The van der Waals surface area contributed by atoms with Gasteiger partial charge in [0.15, 0.2) is 0 Å². The molecule has 0 aromatic rings. The van der Waals surface area contributed by atoms with Crippen LogP contribution < -0.4 is 5.32 Å². The zero-order valence-corrected chi connectivity index (χ0v) is 12.8. The zero-order chi connectivity index (χ0) is 14.8. The van der Waals surface area contributed by atoms with E-state index in [1.54, 1.807) is 14.2 Å². The molecule has 20 heavy (non-hydrogen) atoms. The predicted octanol–water partition coefficient (Wildman–Crippen LogP) is 0.597. The summed E-state index contributed by atoms with van der Waals surface area (Å²) in [6.45, 7) is 4.60. The van der Waals surface area contributed by atoms with Crippen LogP contribution in [-0.2, 0) is 23.7 Å². The number of nitrogens with one attached hydrogen (secondary N) is 1. The number of carbonyl (C=O) groups is 1. The fourth-order valence-corrected chi connectivity index (χ4v) is 2.15. The average Bonchev–Trinajstić information content (AvgIpc) is 3.27. The molecule has 0 aliphatic heterocycles. The van der Waals surface area contributed by atoms with Gasteiger partial charge in [-0.1, -0.05) is 0 Å². The first-order chi connectivity index (χ1) is 9.71. The van der Waals surface area contributed by atoms with Gasteiger partial charge in [-0.2, -0.15) is 0 Å². The molecule has 6 nitrogen and oxygen atoms in total. The number of methoxy groups -OCH3 is 1. The van der Waals surface area contributed by atoms with Gasteiger partial charge >= 0.3 is 5.97 Å². The van der Waals surface area contributed by atoms with Crippen molar-refractivity contribution < 1.29 is 23.7 Å². The van der Waals surface area contributed by atoms with E-state index < -0.39 is 5.54 Å². The lowest BCUT2D eigenvalue weighted by Gasteiger charge is -2.30. The van der Waals surface area contributed by atoms with Gasteiger partial charge in [-0.15, -0.1) is 0 Å². The van der Waals surface area contributed by atoms with Crippen LogP contribution in [0.25, 0.3) is 0 Å². The highest BCUT2D eigenvalue weighted by Gasteiger charge is 2.51. The molecule has 0 saturated heterocycles. The van der Waals surface area contributed by atoms with Crippen LogP contribution in [0.3, 0.4) is 0 Å². The molecule has 1 atom stereocenters. The SMILES string of the molecule is CCOC(=O)C(COCCOCCOC)(NC)C1CC1.